The van der Waals surface area contributed by atoms with E-state index in [9.17, 15) is 0 Å². The molecule has 1 unspecified atom stereocenters. The Kier molecular flexibility index (Phi) is 6.83. The van der Waals surface area contributed by atoms with Crippen LogP contribution in [0.1, 0.15) is 25.7 Å². The third-order valence-electron chi connectivity index (χ3n) is 3.92. The molecular weight excluding hydrogens is 316 g/mol. The van der Waals surface area contributed by atoms with Crippen molar-refractivity contribution in [1.29, 1.82) is 0 Å². The fraction of sp³-hybridized carbons (Fsp3) is 0.625. The molecule has 0 aliphatic carbocycles. The Balaban J connectivity index is 1.76. The lowest BCUT2D eigenvalue weighted by Gasteiger charge is -2.35. The molecule has 2 rings (SSSR count). The van der Waals surface area contributed by atoms with Crippen molar-refractivity contribution in [1.82, 2.24) is 10.2 Å². The summed E-state index contributed by atoms with van der Waals surface area (Å²) in [7, 11) is 2.03. The summed E-state index contributed by atoms with van der Waals surface area (Å²) in [4.78, 5) is 2.60. The van der Waals surface area contributed by atoms with Gasteiger partial charge in [-0.2, -0.15) is 0 Å². The molecule has 0 radical (unpaired) electrons. The highest BCUT2D eigenvalue weighted by atomic mass is 79.9. The molecule has 1 aromatic rings. The average Bonchev–Trinajstić information content (AvgIpc) is 2.46. The van der Waals surface area contributed by atoms with Gasteiger partial charge in [-0.1, -0.05) is 28.4 Å². The van der Waals surface area contributed by atoms with Crippen molar-refractivity contribution in [2.24, 2.45) is 0 Å². The number of piperidine rings is 1. The maximum absolute atomic E-state index is 5.86. The molecule has 20 heavy (non-hydrogen) atoms. The van der Waals surface area contributed by atoms with Crippen LogP contribution in [0, 0.1) is 0 Å². The molecule has 1 atom stereocenters. The van der Waals surface area contributed by atoms with Gasteiger partial charge in [0.25, 0.3) is 0 Å². The van der Waals surface area contributed by atoms with Crippen LogP contribution in [-0.4, -0.2) is 44.2 Å². The highest BCUT2D eigenvalue weighted by Gasteiger charge is 2.21. The van der Waals surface area contributed by atoms with Gasteiger partial charge in [0.1, 0.15) is 12.4 Å². The van der Waals surface area contributed by atoms with Crippen molar-refractivity contribution in [2.75, 3.05) is 33.3 Å². The second-order valence-corrected chi connectivity index (χ2v) is 6.30. The predicted molar refractivity (Wildman–Crippen MR) is 87.4 cm³/mol. The van der Waals surface area contributed by atoms with Crippen LogP contribution >= 0.6 is 15.9 Å². The molecule has 112 valence electrons. The second kappa shape index (κ2) is 8.65. The Morgan fingerprint density at radius 3 is 3.10 bits per heavy atom. The fourth-order valence-corrected chi connectivity index (χ4v) is 3.21. The molecule has 0 aromatic heterocycles. The molecule has 1 aromatic carbocycles. The van der Waals surface area contributed by atoms with Gasteiger partial charge >= 0.3 is 0 Å². The molecule has 0 bridgehead atoms. The first-order valence-corrected chi connectivity index (χ1v) is 8.36. The van der Waals surface area contributed by atoms with Crippen molar-refractivity contribution < 1.29 is 4.74 Å². The minimum absolute atomic E-state index is 0.724. The number of rotatable bonds is 7. The minimum Gasteiger partial charge on any atom is -0.492 e. The lowest BCUT2D eigenvalue weighted by atomic mass is 9.99. The lowest BCUT2D eigenvalue weighted by molar-refractivity contribution is 0.117. The number of nitrogens with zero attached hydrogens (tertiary/aromatic N) is 1. The highest BCUT2D eigenvalue weighted by molar-refractivity contribution is 9.10. The van der Waals surface area contributed by atoms with Gasteiger partial charge < -0.3 is 10.1 Å². The van der Waals surface area contributed by atoms with Gasteiger partial charge in [0.15, 0.2) is 0 Å². The molecule has 1 aliphatic heterocycles. The van der Waals surface area contributed by atoms with Crippen LogP contribution in [0.15, 0.2) is 28.7 Å². The van der Waals surface area contributed by atoms with E-state index in [0.717, 1.165) is 36.0 Å². The Morgan fingerprint density at radius 2 is 2.30 bits per heavy atom. The van der Waals surface area contributed by atoms with Crippen molar-refractivity contribution in [3.63, 3.8) is 0 Å². The quantitative estimate of drug-likeness (QED) is 0.824. The van der Waals surface area contributed by atoms with E-state index in [0.29, 0.717) is 0 Å². The molecule has 3 nitrogen and oxygen atoms in total. The maximum Gasteiger partial charge on any atom is 0.120 e. The van der Waals surface area contributed by atoms with Crippen LogP contribution < -0.4 is 10.1 Å². The predicted octanol–water partition coefficient (Wildman–Crippen LogP) is 3.29. The summed E-state index contributed by atoms with van der Waals surface area (Å²) in [5, 5.41) is 3.26. The van der Waals surface area contributed by atoms with Crippen LogP contribution in [-0.2, 0) is 0 Å². The summed E-state index contributed by atoms with van der Waals surface area (Å²) in [6, 6.07) is 8.79. The van der Waals surface area contributed by atoms with Gasteiger partial charge in [0.05, 0.1) is 0 Å². The van der Waals surface area contributed by atoms with E-state index in [4.69, 9.17) is 4.74 Å². The van der Waals surface area contributed by atoms with Crippen LogP contribution in [0.5, 0.6) is 5.75 Å². The Bertz CT molecular complexity index is 400. The number of benzene rings is 1. The zero-order valence-corrected chi connectivity index (χ0v) is 13.9. The van der Waals surface area contributed by atoms with Gasteiger partial charge in [-0.05, 0) is 57.6 Å². The van der Waals surface area contributed by atoms with Gasteiger partial charge in [0.2, 0.25) is 0 Å². The van der Waals surface area contributed by atoms with Crippen molar-refractivity contribution >= 4 is 15.9 Å². The normalized spacial score (nSPS) is 20.0. The number of likely N-dealkylation sites (tertiary alicyclic amines) is 1. The zero-order valence-electron chi connectivity index (χ0n) is 12.3. The summed E-state index contributed by atoms with van der Waals surface area (Å²) in [6.07, 6.45) is 5.27. The van der Waals surface area contributed by atoms with E-state index < -0.39 is 0 Å². The van der Waals surface area contributed by atoms with E-state index in [1.807, 2.05) is 31.3 Å². The smallest absolute Gasteiger partial charge is 0.120 e. The zero-order chi connectivity index (χ0) is 14.2. The molecule has 0 amide bonds. The third kappa shape index (κ3) is 5.08. The lowest BCUT2D eigenvalue weighted by Crippen LogP contribution is -2.42. The van der Waals surface area contributed by atoms with Crippen LogP contribution in [0.3, 0.4) is 0 Å². The van der Waals surface area contributed by atoms with Crippen molar-refractivity contribution in [3.05, 3.63) is 28.7 Å². The van der Waals surface area contributed by atoms with E-state index in [1.54, 1.807) is 0 Å². The monoisotopic (exact) mass is 340 g/mol. The van der Waals surface area contributed by atoms with Gasteiger partial charge in [0, 0.05) is 17.1 Å². The minimum atomic E-state index is 0.724. The van der Waals surface area contributed by atoms with Crippen LogP contribution in [0.25, 0.3) is 0 Å². The molecule has 0 spiro atoms. The first-order chi connectivity index (χ1) is 9.79. The maximum atomic E-state index is 5.86. The van der Waals surface area contributed by atoms with E-state index in [1.165, 1.54) is 32.2 Å². The Hall–Kier alpha value is -0.580. The number of hydrogen-bond acceptors (Lipinski definition) is 3. The van der Waals surface area contributed by atoms with Crippen LogP contribution in [0.4, 0.5) is 0 Å². The standard InChI is InChI=1S/C16H25BrN2O/c1-18-9-8-15-6-2-3-10-19(15)11-12-20-16-7-4-5-14(17)13-16/h4-5,7,13,15,18H,2-3,6,8-12H2,1H3. The van der Waals surface area contributed by atoms with Gasteiger partial charge in [-0.15, -0.1) is 0 Å². The number of nitrogens with one attached hydrogen (secondary N) is 1. The molecule has 1 aliphatic rings. The van der Waals surface area contributed by atoms with Gasteiger partial charge in [-0.3, -0.25) is 4.90 Å². The van der Waals surface area contributed by atoms with Crippen LogP contribution in [0.2, 0.25) is 0 Å². The van der Waals surface area contributed by atoms with Gasteiger partial charge in [-0.25, -0.2) is 0 Å². The average molecular weight is 341 g/mol. The molecule has 1 fully saturated rings. The van der Waals surface area contributed by atoms with E-state index in [2.05, 4.69) is 26.1 Å². The molecule has 1 heterocycles. The number of hydrogen-bond donors (Lipinski definition) is 1. The summed E-state index contributed by atoms with van der Waals surface area (Å²) < 4.78 is 6.92. The molecule has 4 heteroatoms. The first kappa shape index (κ1) is 15.8. The molecule has 1 N–H and O–H groups in total. The Labute approximate surface area is 130 Å². The van der Waals surface area contributed by atoms with E-state index in [-0.39, 0.29) is 0 Å². The highest BCUT2D eigenvalue weighted by Crippen LogP contribution is 2.20. The summed E-state index contributed by atoms with van der Waals surface area (Å²) >= 11 is 3.47. The number of halogens is 1. The molecular formula is C16H25BrN2O. The Morgan fingerprint density at radius 1 is 1.40 bits per heavy atom. The second-order valence-electron chi connectivity index (χ2n) is 5.38. The SMILES string of the molecule is CNCCC1CCCCN1CCOc1cccc(Br)c1. The van der Waals surface area contributed by atoms with E-state index >= 15 is 0 Å². The summed E-state index contributed by atoms with van der Waals surface area (Å²) in [6.45, 7) is 4.12. The molecule has 1 saturated heterocycles. The van der Waals surface area contributed by atoms with Crippen molar-refractivity contribution in [2.45, 2.75) is 31.7 Å². The fourth-order valence-electron chi connectivity index (χ4n) is 2.83. The molecule has 0 saturated carbocycles. The third-order valence-corrected chi connectivity index (χ3v) is 4.41. The summed E-state index contributed by atoms with van der Waals surface area (Å²) in [5.74, 6) is 0.947. The largest absolute Gasteiger partial charge is 0.492 e. The number of ether oxygens (including phenoxy) is 1. The topological polar surface area (TPSA) is 24.5 Å². The van der Waals surface area contributed by atoms with Crippen molar-refractivity contribution in [3.8, 4) is 5.75 Å². The summed E-state index contributed by atoms with van der Waals surface area (Å²) in [5.41, 5.74) is 0. The first-order valence-electron chi connectivity index (χ1n) is 7.56.